The van der Waals surface area contributed by atoms with E-state index in [1.165, 1.54) is 11.3 Å². The Morgan fingerprint density at radius 1 is 1.07 bits per heavy atom. The van der Waals surface area contributed by atoms with Crippen LogP contribution >= 0.6 is 11.3 Å². The number of carbonyl (C=O) groups is 1. The van der Waals surface area contributed by atoms with E-state index in [4.69, 9.17) is 20.0 Å². The highest BCUT2D eigenvalue weighted by Crippen LogP contribution is 2.28. The number of nitrogens with zero attached hydrogens (tertiary/aromatic N) is 1. The van der Waals surface area contributed by atoms with Crippen LogP contribution in [0.3, 0.4) is 0 Å². The number of anilines is 2. The number of para-hydroxylation sites is 2. The maximum Gasteiger partial charge on any atom is 0.265 e. The van der Waals surface area contributed by atoms with Gasteiger partial charge in [-0.05, 0) is 49.4 Å². The minimum absolute atomic E-state index is 0.214. The number of oxime groups is 1. The van der Waals surface area contributed by atoms with Crippen LogP contribution in [0, 0.1) is 0 Å². The number of methoxy groups -OCH3 is 2. The van der Waals surface area contributed by atoms with Crippen LogP contribution in [0.2, 0.25) is 0 Å². The molecule has 0 atom stereocenters. The van der Waals surface area contributed by atoms with Crippen molar-refractivity contribution in [3.8, 4) is 11.5 Å². The molecule has 1 amide bonds. The van der Waals surface area contributed by atoms with Crippen molar-refractivity contribution >= 4 is 34.3 Å². The molecule has 7 nitrogen and oxygen atoms in total. The molecule has 0 bridgehead atoms. The lowest BCUT2D eigenvalue weighted by Crippen LogP contribution is -2.11. The van der Waals surface area contributed by atoms with Gasteiger partial charge in [-0.1, -0.05) is 17.3 Å². The third-order valence-electron chi connectivity index (χ3n) is 4.30. The predicted octanol–water partition coefficient (Wildman–Crippen LogP) is 4.54. The maximum absolute atomic E-state index is 12.4. The van der Waals surface area contributed by atoms with Crippen LogP contribution < -0.4 is 20.5 Å². The van der Waals surface area contributed by atoms with E-state index in [0.717, 1.165) is 10.4 Å². The second-order valence-corrected chi connectivity index (χ2v) is 7.50. The Morgan fingerprint density at radius 3 is 2.57 bits per heavy atom. The molecule has 1 aromatic heterocycles. The van der Waals surface area contributed by atoms with Gasteiger partial charge in [-0.15, -0.1) is 11.3 Å². The van der Waals surface area contributed by atoms with Gasteiger partial charge in [0.15, 0.2) is 18.1 Å². The molecule has 1 heterocycles. The summed E-state index contributed by atoms with van der Waals surface area (Å²) in [6.07, 6.45) is 0. The predicted molar refractivity (Wildman–Crippen MR) is 120 cm³/mol. The fourth-order valence-electron chi connectivity index (χ4n) is 2.68. The number of thiophene rings is 1. The van der Waals surface area contributed by atoms with Crippen LogP contribution in [0.25, 0.3) is 0 Å². The number of hydrogen-bond donors (Lipinski definition) is 2. The van der Waals surface area contributed by atoms with Crippen molar-refractivity contribution in [1.29, 1.82) is 0 Å². The molecule has 3 aromatic rings. The number of rotatable bonds is 8. The lowest BCUT2D eigenvalue weighted by atomic mass is 10.1. The lowest BCUT2D eigenvalue weighted by Gasteiger charge is -2.09. The number of carbonyl (C=O) groups excluding carboxylic acids is 1. The molecule has 3 rings (SSSR count). The molecule has 0 unspecified atom stereocenters. The first kappa shape index (κ1) is 21.2. The molecular weight excluding hydrogens is 402 g/mol. The zero-order chi connectivity index (χ0) is 21.5. The minimum Gasteiger partial charge on any atom is -0.493 e. The fourth-order valence-corrected chi connectivity index (χ4v) is 3.49. The molecule has 0 spiro atoms. The van der Waals surface area contributed by atoms with E-state index in [-0.39, 0.29) is 12.5 Å². The molecule has 2 aromatic carbocycles. The second-order valence-electron chi connectivity index (χ2n) is 6.33. The van der Waals surface area contributed by atoms with E-state index in [0.29, 0.717) is 33.5 Å². The minimum atomic E-state index is -0.214. The maximum atomic E-state index is 12.4. The van der Waals surface area contributed by atoms with Crippen LogP contribution in [0.15, 0.2) is 59.8 Å². The standard InChI is InChI=1S/C22H23N3O4S/c1-14(15-8-10-19(27-2)20(12-15)28-3)25-29-13-16-9-11-21(30-16)22(26)24-18-7-5-4-6-17(18)23/h4-12H,13,23H2,1-3H3,(H,24,26). The van der Waals surface area contributed by atoms with Crippen LogP contribution in [0.1, 0.15) is 27.0 Å². The number of nitrogens with two attached hydrogens (primary N) is 1. The summed E-state index contributed by atoms with van der Waals surface area (Å²) in [6, 6.07) is 16.3. The molecule has 0 aliphatic rings. The van der Waals surface area contributed by atoms with Gasteiger partial charge in [0.05, 0.1) is 36.2 Å². The van der Waals surface area contributed by atoms with Gasteiger partial charge >= 0.3 is 0 Å². The average Bonchev–Trinajstić information content (AvgIpc) is 3.23. The van der Waals surface area contributed by atoms with Crippen molar-refractivity contribution in [3.05, 3.63) is 69.9 Å². The third kappa shape index (κ3) is 5.09. The highest BCUT2D eigenvalue weighted by molar-refractivity contribution is 7.14. The molecule has 3 N–H and O–H groups in total. The zero-order valence-corrected chi connectivity index (χ0v) is 17.8. The number of benzene rings is 2. The van der Waals surface area contributed by atoms with Crippen molar-refractivity contribution in [2.75, 3.05) is 25.3 Å². The molecule has 156 valence electrons. The Morgan fingerprint density at radius 2 is 1.83 bits per heavy atom. The molecule has 0 radical (unpaired) electrons. The van der Waals surface area contributed by atoms with E-state index in [9.17, 15) is 4.79 Å². The van der Waals surface area contributed by atoms with E-state index < -0.39 is 0 Å². The van der Waals surface area contributed by atoms with E-state index in [1.807, 2.05) is 43.3 Å². The summed E-state index contributed by atoms with van der Waals surface area (Å²) in [4.78, 5) is 19.3. The number of ether oxygens (including phenoxy) is 2. The van der Waals surface area contributed by atoms with Crippen molar-refractivity contribution in [2.24, 2.45) is 5.16 Å². The molecular formula is C22H23N3O4S. The van der Waals surface area contributed by atoms with Crippen LogP contribution in [-0.2, 0) is 11.4 Å². The fraction of sp³-hybridized carbons (Fsp3) is 0.182. The highest BCUT2D eigenvalue weighted by atomic mass is 32.1. The van der Waals surface area contributed by atoms with Crippen molar-refractivity contribution < 1.29 is 19.1 Å². The summed E-state index contributed by atoms with van der Waals surface area (Å²) in [5, 5.41) is 6.98. The quantitative estimate of drug-likeness (QED) is 0.314. The Bertz CT molecular complexity index is 1060. The Kier molecular flexibility index (Phi) is 6.92. The Balaban J connectivity index is 1.60. The normalized spacial score (nSPS) is 11.1. The molecule has 0 saturated heterocycles. The highest BCUT2D eigenvalue weighted by Gasteiger charge is 2.11. The van der Waals surface area contributed by atoms with Gasteiger partial charge in [0.2, 0.25) is 0 Å². The van der Waals surface area contributed by atoms with Crippen LogP contribution in [0.5, 0.6) is 11.5 Å². The monoisotopic (exact) mass is 425 g/mol. The summed E-state index contributed by atoms with van der Waals surface area (Å²) in [7, 11) is 3.17. The van der Waals surface area contributed by atoms with Crippen LogP contribution in [0.4, 0.5) is 11.4 Å². The van der Waals surface area contributed by atoms with Crippen molar-refractivity contribution in [2.45, 2.75) is 13.5 Å². The number of hydrogen-bond acceptors (Lipinski definition) is 7. The molecule has 0 aliphatic heterocycles. The lowest BCUT2D eigenvalue weighted by molar-refractivity contribution is 0.103. The first-order valence-corrected chi connectivity index (χ1v) is 9.97. The van der Waals surface area contributed by atoms with E-state index >= 15 is 0 Å². The van der Waals surface area contributed by atoms with Crippen LogP contribution in [-0.4, -0.2) is 25.8 Å². The molecule has 0 fully saturated rings. The van der Waals surface area contributed by atoms with Crippen molar-refractivity contribution in [3.63, 3.8) is 0 Å². The van der Waals surface area contributed by atoms with E-state index in [1.54, 1.807) is 32.4 Å². The Hall–Kier alpha value is -3.52. The first-order chi connectivity index (χ1) is 14.5. The molecule has 0 saturated carbocycles. The second kappa shape index (κ2) is 9.80. The van der Waals surface area contributed by atoms with Gasteiger partial charge in [0.1, 0.15) is 0 Å². The Labute approximate surface area is 179 Å². The smallest absolute Gasteiger partial charge is 0.265 e. The summed E-state index contributed by atoms with van der Waals surface area (Å²) < 4.78 is 10.6. The largest absolute Gasteiger partial charge is 0.493 e. The molecule has 30 heavy (non-hydrogen) atoms. The van der Waals surface area contributed by atoms with Gasteiger partial charge < -0.3 is 25.4 Å². The number of nitrogen functional groups attached to an aromatic ring is 1. The van der Waals surface area contributed by atoms with E-state index in [2.05, 4.69) is 10.5 Å². The average molecular weight is 426 g/mol. The van der Waals surface area contributed by atoms with Gasteiger partial charge in [-0.25, -0.2) is 0 Å². The summed E-state index contributed by atoms with van der Waals surface area (Å²) in [5.74, 6) is 1.06. The SMILES string of the molecule is COc1ccc(C(C)=NOCc2ccc(C(=O)Nc3ccccc3N)s2)cc1OC. The van der Waals surface area contributed by atoms with Gasteiger partial charge in [-0.3, -0.25) is 4.79 Å². The molecule has 0 aliphatic carbocycles. The topological polar surface area (TPSA) is 95.2 Å². The van der Waals surface area contributed by atoms with Gasteiger partial charge in [-0.2, -0.15) is 0 Å². The van der Waals surface area contributed by atoms with Gasteiger partial charge in [0, 0.05) is 10.4 Å². The first-order valence-electron chi connectivity index (χ1n) is 9.15. The number of amides is 1. The number of nitrogens with one attached hydrogen (secondary N) is 1. The third-order valence-corrected chi connectivity index (χ3v) is 5.36. The summed E-state index contributed by atoms with van der Waals surface area (Å²) >= 11 is 1.34. The summed E-state index contributed by atoms with van der Waals surface area (Å²) in [5.41, 5.74) is 8.53. The zero-order valence-electron chi connectivity index (χ0n) is 17.0. The summed E-state index contributed by atoms with van der Waals surface area (Å²) in [6.45, 7) is 2.11. The molecule has 8 heteroatoms. The van der Waals surface area contributed by atoms with Crippen molar-refractivity contribution in [1.82, 2.24) is 0 Å². The van der Waals surface area contributed by atoms with Gasteiger partial charge in [0.25, 0.3) is 5.91 Å².